The molecule has 3 heteroatoms. The average Bonchev–Trinajstić information content (AvgIpc) is 2.53. The number of hydrogen-bond donors (Lipinski definition) is 1. The van der Waals surface area contributed by atoms with Crippen molar-refractivity contribution in [3.05, 3.63) is 22.4 Å². The summed E-state index contributed by atoms with van der Waals surface area (Å²) in [5.41, 5.74) is 6.72. The van der Waals surface area contributed by atoms with Crippen LogP contribution in [0.1, 0.15) is 37.6 Å². The van der Waals surface area contributed by atoms with Gasteiger partial charge in [-0.05, 0) is 16.9 Å². The fraction of sp³-hybridized carbons (Fsp3) is 0.545. The van der Waals surface area contributed by atoms with E-state index in [0.29, 0.717) is 6.42 Å². The zero-order valence-electron chi connectivity index (χ0n) is 8.91. The van der Waals surface area contributed by atoms with Crippen molar-refractivity contribution in [2.45, 2.75) is 33.2 Å². The van der Waals surface area contributed by atoms with Gasteiger partial charge in [-0.15, -0.1) is 0 Å². The molecule has 0 saturated carbocycles. The lowest BCUT2D eigenvalue weighted by Crippen LogP contribution is -2.36. The maximum atomic E-state index is 11.7. The van der Waals surface area contributed by atoms with Crippen LogP contribution in [-0.4, -0.2) is 11.8 Å². The molecule has 0 aliphatic carbocycles. The number of carbonyl (C=O) groups is 1. The summed E-state index contributed by atoms with van der Waals surface area (Å²) in [6.07, 6.45) is 0.431. The molecule has 2 N–H and O–H groups in total. The number of ketones is 1. The molecule has 0 fully saturated rings. The molecular weight excluding hydrogens is 194 g/mol. The number of thiophene rings is 1. The molecule has 0 bridgehead atoms. The van der Waals surface area contributed by atoms with Gasteiger partial charge in [-0.3, -0.25) is 4.79 Å². The minimum absolute atomic E-state index is 0.00825. The molecule has 1 unspecified atom stereocenters. The Balaban J connectivity index is 2.58. The average molecular weight is 211 g/mol. The van der Waals surface area contributed by atoms with Gasteiger partial charge in [-0.1, -0.05) is 20.8 Å². The van der Waals surface area contributed by atoms with Crippen molar-refractivity contribution < 1.29 is 4.79 Å². The van der Waals surface area contributed by atoms with E-state index in [1.807, 2.05) is 16.8 Å². The van der Waals surface area contributed by atoms with Crippen LogP contribution in [0, 0.1) is 5.41 Å². The zero-order valence-corrected chi connectivity index (χ0v) is 9.73. The third kappa shape index (κ3) is 2.93. The highest BCUT2D eigenvalue weighted by atomic mass is 32.1. The summed E-state index contributed by atoms with van der Waals surface area (Å²) in [4.78, 5) is 11.7. The summed E-state index contributed by atoms with van der Waals surface area (Å²) in [5.74, 6) is 0.147. The van der Waals surface area contributed by atoms with Crippen molar-refractivity contribution >= 4 is 17.1 Å². The molecule has 0 spiro atoms. The first-order valence-electron chi connectivity index (χ1n) is 4.72. The summed E-state index contributed by atoms with van der Waals surface area (Å²) < 4.78 is 0. The maximum Gasteiger partial charge on any atom is 0.165 e. The van der Waals surface area contributed by atoms with E-state index in [2.05, 4.69) is 20.8 Å². The maximum absolute atomic E-state index is 11.7. The van der Waals surface area contributed by atoms with Crippen LogP contribution in [0.5, 0.6) is 0 Å². The molecule has 1 rings (SSSR count). The molecular formula is C11H17NOS. The first-order valence-corrected chi connectivity index (χ1v) is 5.66. The molecule has 1 atom stereocenters. The molecule has 0 aliphatic heterocycles. The summed E-state index contributed by atoms with van der Waals surface area (Å²) in [6.45, 7) is 6.16. The second-order valence-electron chi connectivity index (χ2n) is 4.61. The van der Waals surface area contributed by atoms with E-state index in [1.54, 1.807) is 11.3 Å². The Morgan fingerprint density at radius 1 is 1.57 bits per heavy atom. The van der Waals surface area contributed by atoms with Crippen LogP contribution >= 0.6 is 11.3 Å². The van der Waals surface area contributed by atoms with Gasteiger partial charge in [-0.25, -0.2) is 0 Å². The van der Waals surface area contributed by atoms with Crippen molar-refractivity contribution in [3.8, 4) is 0 Å². The molecule has 1 aromatic rings. The fourth-order valence-electron chi connectivity index (χ4n) is 1.05. The van der Waals surface area contributed by atoms with E-state index in [0.717, 1.165) is 5.56 Å². The van der Waals surface area contributed by atoms with Crippen LogP contribution in [0.4, 0.5) is 0 Å². The van der Waals surface area contributed by atoms with Crippen LogP contribution < -0.4 is 5.73 Å². The SMILES string of the molecule is CC(C)(C)C(N)CC(=O)c1ccsc1. The third-order valence-electron chi connectivity index (χ3n) is 2.36. The second-order valence-corrected chi connectivity index (χ2v) is 5.39. The fourth-order valence-corrected chi connectivity index (χ4v) is 1.71. The lowest BCUT2D eigenvalue weighted by atomic mass is 9.84. The summed E-state index contributed by atoms with van der Waals surface area (Å²) >= 11 is 1.54. The van der Waals surface area contributed by atoms with Gasteiger partial charge < -0.3 is 5.73 Å². The van der Waals surface area contributed by atoms with E-state index >= 15 is 0 Å². The number of Topliss-reactive ketones (excluding diaryl/α,β-unsaturated/α-hetero) is 1. The quantitative estimate of drug-likeness (QED) is 0.781. The minimum atomic E-state index is -0.0742. The van der Waals surface area contributed by atoms with Crippen LogP contribution in [0.25, 0.3) is 0 Å². The molecule has 0 radical (unpaired) electrons. The molecule has 1 heterocycles. The van der Waals surface area contributed by atoms with Crippen molar-refractivity contribution in [1.29, 1.82) is 0 Å². The Morgan fingerprint density at radius 3 is 2.64 bits per heavy atom. The lowest BCUT2D eigenvalue weighted by molar-refractivity contribution is 0.0954. The minimum Gasteiger partial charge on any atom is -0.327 e. The third-order valence-corrected chi connectivity index (χ3v) is 3.04. The molecule has 0 aliphatic rings. The molecule has 1 aromatic heterocycles. The summed E-state index contributed by atoms with van der Waals surface area (Å²) in [5, 5.41) is 3.79. The number of hydrogen-bond acceptors (Lipinski definition) is 3. The molecule has 0 amide bonds. The zero-order chi connectivity index (χ0) is 10.8. The summed E-state index contributed by atoms with van der Waals surface area (Å²) in [7, 11) is 0. The van der Waals surface area contributed by atoms with Crippen molar-refractivity contribution in [2.24, 2.45) is 11.1 Å². The van der Waals surface area contributed by atoms with E-state index in [4.69, 9.17) is 5.73 Å². The number of nitrogens with two attached hydrogens (primary N) is 1. The standard InChI is InChI=1S/C11H17NOS/c1-11(2,3)10(12)6-9(13)8-4-5-14-7-8/h4-5,7,10H,6,12H2,1-3H3. The summed E-state index contributed by atoms with van der Waals surface area (Å²) in [6, 6.07) is 1.78. The Labute approximate surface area is 89.1 Å². The molecule has 78 valence electrons. The van der Waals surface area contributed by atoms with E-state index < -0.39 is 0 Å². The first-order chi connectivity index (χ1) is 6.41. The van der Waals surface area contributed by atoms with Crippen molar-refractivity contribution in [2.75, 3.05) is 0 Å². The number of carbonyl (C=O) groups excluding carboxylic acids is 1. The molecule has 0 aromatic carbocycles. The van der Waals surface area contributed by atoms with E-state index in [9.17, 15) is 4.79 Å². The smallest absolute Gasteiger partial charge is 0.165 e. The van der Waals surface area contributed by atoms with Crippen molar-refractivity contribution in [1.82, 2.24) is 0 Å². The van der Waals surface area contributed by atoms with Gasteiger partial charge in [0.05, 0.1) is 0 Å². The van der Waals surface area contributed by atoms with Gasteiger partial charge in [-0.2, -0.15) is 11.3 Å². The van der Waals surface area contributed by atoms with Gasteiger partial charge in [0.1, 0.15) is 0 Å². The predicted octanol–water partition coefficient (Wildman–Crippen LogP) is 2.69. The Hall–Kier alpha value is -0.670. The van der Waals surface area contributed by atoms with Gasteiger partial charge >= 0.3 is 0 Å². The van der Waals surface area contributed by atoms with Crippen molar-refractivity contribution in [3.63, 3.8) is 0 Å². The predicted molar refractivity (Wildman–Crippen MR) is 60.7 cm³/mol. The van der Waals surface area contributed by atoms with Crippen LogP contribution in [0.3, 0.4) is 0 Å². The Morgan fingerprint density at radius 2 is 2.21 bits per heavy atom. The molecule has 0 saturated heterocycles. The highest BCUT2D eigenvalue weighted by Gasteiger charge is 2.23. The monoisotopic (exact) mass is 211 g/mol. The lowest BCUT2D eigenvalue weighted by Gasteiger charge is -2.26. The van der Waals surface area contributed by atoms with Crippen LogP contribution in [0.2, 0.25) is 0 Å². The van der Waals surface area contributed by atoms with Crippen LogP contribution in [0.15, 0.2) is 16.8 Å². The highest BCUT2D eigenvalue weighted by molar-refractivity contribution is 7.08. The van der Waals surface area contributed by atoms with Gasteiger partial charge in [0.15, 0.2) is 5.78 Å². The van der Waals surface area contributed by atoms with E-state index in [-0.39, 0.29) is 17.2 Å². The molecule has 14 heavy (non-hydrogen) atoms. The Bertz CT molecular complexity index is 298. The van der Waals surface area contributed by atoms with E-state index in [1.165, 1.54) is 0 Å². The second kappa shape index (κ2) is 4.24. The van der Waals surface area contributed by atoms with Gasteiger partial charge in [0.25, 0.3) is 0 Å². The Kier molecular flexibility index (Phi) is 3.45. The van der Waals surface area contributed by atoms with Crippen LogP contribution in [-0.2, 0) is 0 Å². The topological polar surface area (TPSA) is 43.1 Å². The number of rotatable bonds is 3. The molecule has 2 nitrogen and oxygen atoms in total. The van der Waals surface area contributed by atoms with Gasteiger partial charge in [0.2, 0.25) is 0 Å². The van der Waals surface area contributed by atoms with Gasteiger partial charge in [0, 0.05) is 23.4 Å². The largest absolute Gasteiger partial charge is 0.327 e. The normalized spacial score (nSPS) is 14.0. The highest BCUT2D eigenvalue weighted by Crippen LogP contribution is 2.21. The first kappa shape index (κ1) is 11.4.